The minimum absolute atomic E-state index is 0.632. The highest BCUT2D eigenvalue weighted by molar-refractivity contribution is 7.81. The van der Waals surface area contributed by atoms with Crippen LogP contribution in [0.3, 0.4) is 0 Å². The molecule has 7 N–H and O–H groups in total. The molecule has 1 saturated carbocycles. The quantitative estimate of drug-likeness (QED) is 0.0238. The van der Waals surface area contributed by atoms with Gasteiger partial charge in [0.15, 0.2) is 61.7 Å². The highest BCUT2D eigenvalue weighted by Gasteiger charge is 2.80. The molecular formula is C41H68O43S5. The number of hydrogen-bond donors (Lipinski definition) is 7. The molecule has 5 saturated heterocycles. The van der Waals surface area contributed by atoms with Crippen LogP contribution in [0.15, 0.2) is 0 Å². The average Bonchev–Trinajstić information content (AvgIpc) is 1.53. The first-order valence-corrected chi connectivity index (χ1v) is 32.1. The molecule has 520 valence electrons. The van der Waals surface area contributed by atoms with Crippen LogP contribution in [0, 0.1) is 11.8 Å². The molecule has 5 heterocycles. The van der Waals surface area contributed by atoms with Crippen molar-refractivity contribution in [3.63, 3.8) is 0 Å². The van der Waals surface area contributed by atoms with Crippen LogP contribution in [-0.2, 0) is 172 Å². The van der Waals surface area contributed by atoms with Crippen LogP contribution in [0.1, 0.15) is 0 Å². The van der Waals surface area contributed by atoms with Crippen molar-refractivity contribution < 1.29 is 196 Å². The van der Waals surface area contributed by atoms with Crippen molar-refractivity contribution in [3.05, 3.63) is 0 Å². The molecule has 0 aromatic carbocycles. The van der Waals surface area contributed by atoms with E-state index in [-0.39, 0.29) is 0 Å². The Hall–Kier alpha value is -2.47. The first kappa shape index (κ1) is 75.6. The van der Waals surface area contributed by atoms with Crippen LogP contribution >= 0.6 is 0 Å². The van der Waals surface area contributed by atoms with Gasteiger partial charge in [0.1, 0.15) is 85.5 Å². The van der Waals surface area contributed by atoms with Crippen LogP contribution in [-0.4, -0.2) is 325 Å². The fourth-order valence-electron chi connectivity index (χ4n) is 11.2. The third-order valence-corrected chi connectivity index (χ3v) is 16.8. The average molecular weight is 1410 g/mol. The monoisotopic (exact) mass is 1410 g/mol. The lowest BCUT2D eigenvalue weighted by molar-refractivity contribution is -0.385. The summed E-state index contributed by atoms with van der Waals surface area (Å²) in [6.45, 7) is -2.40. The Bertz CT molecular complexity index is 2940. The van der Waals surface area contributed by atoms with Gasteiger partial charge in [0.25, 0.3) is 0 Å². The molecule has 0 bridgehead atoms. The molecule has 0 aromatic rings. The Morgan fingerprint density at radius 3 is 1.11 bits per heavy atom. The van der Waals surface area contributed by atoms with Gasteiger partial charge in [-0.1, -0.05) is 0 Å². The molecule has 14 unspecified atom stereocenters. The van der Waals surface area contributed by atoms with E-state index in [0.29, 0.717) is 0 Å². The molecule has 48 heteroatoms. The van der Waals surface area contributed by atoms with E-state index in [9.17, 15) is 84.7 Å². The highest BCUT2D eigenvalue weighted by atomic mass is 32.3. The summed E-state index contributed by atoms with van der Waals surface area (Å²) < 4.78 is 306. The van der Waals surface area contributed by atoms with E-state index in [0.717, 1.165) is 56.9 Å². The molecule has 6 aliphatic rings. The van der Waals surface area contributed by atoms with Crippen molar-refractivity contribution in [2.45, 2.75) is 147 Å². The van der Waals surface area contributed by atoms with Crippen LogP contribution in [0.2, 0.25) is 0 Å². The fraction of sp³-hybridized carbons (Fsp3) is 0.951. The van der Waals surface area contributed by atoms with Crippen molar-refractivity contribution in [1.82, 2.24) is 0 Å². The lowest BCUT2D eigenvalue weighted by Crippen LogP contribution is -2.68. The number of fused-ring (bicyclic) bond motifs is 1. The Kier molecular flexibility index (Phi) is 25.9. The summed E-state index contributed by atoms with van der Waals surface area (Å²) in [5, 5.41) is 21.4. The van der Waals surface area contributed by atoms with Gasteiger partial charge in [-0.2, -0.15) is 42.1 Å². The Morgan fingerprint density at radius 1 is 0.360 bits per heavy atom. The summed E-state index contributed by atoms with van der Waals surface area (Å²) in [6, 6.07) is 0. The zero-order valence-electron chi connectivity index (χ0n) is 47.9. The Morgan fingerprint density at radius 2 is 0.719 bits per heavy atom. The summed E-state index contributed by atoms with van der Waals surface area (Å²) in [4.78, 5) is 26.4. The number of carbonyl (C=O) groups is 2. The van der Waals surface area contributed by atoms with Gasteiger partial charge in [0.05, 0.1) is 31.7 Å². The highest BCUT2D eigenvalue weighted by Crippen LogP contribution is 2.63. The number of rotatable bonds is 33. The summed E-state index contributed by atoms with van der Waals surface area (Å²) in [5.41, 5.74) is 0. The molecule has 43 nitrogen and oxygen atoms in total. The van der Waals surface area contributed by atoms with Crippen LogP contribution in [0.4, 0.5) is 0 Å². The molecule has 0 spiro atoms. The van der Waals surface area contributed by atoms with E-state index in [1.54, 1.807) is 0 Å². The molecule has 6 fully saturated rings. The topological polar surface area (TPSA) is 568 Å². The third kappa shape index (κ3) is 18.1. The molecule has 26 atom stereocenters. The molecular weight excluding hydrogens is 1340 g/mol. The summed E-state index contributed by atoms with van der Waals surface area (Å²) >= 11 is 0. The maximum absolute atomic E-state index is 13.2. The molecule has 6 rings (SSSR count). The SMILES string of the molecule is COCC1O[C@H](OC)C(OS(=O)(=O)O)C(OS(=O)(=O)O)[C@@H]1O[C@@H]1OC(C(=O)O)[C@@H]2[C@@H](C1OC)C2(OC)O[C@@H]1OC(COC)[C@@H](O[C@@H]2OC(C(=O)O)[C@@H](O[C@H]3OC(COS(=O)(=O)O)[C@@H](OC)C(OC)C3OC)C(OC)C2OC)[C@H](OS(=O)(=O)O)C1OS(=O)(=O)O. The van der Waals surface area contributed by atoms with Crippen molar-refractivity contribution in [3.8, 4) is 0 Å². The number of aliphatic carboxylic acids is 2. The maximum Gasteiger partial charge on any atom is 0.397 e. The predicted molar refractivity (Wildman–Crippen MR) is 270 cm³/mol. The zero-order valence-corrected chi connectivity index (χ0v) is 52.0. The molecule has 0 aromatic heterocycles. The Labute approximate surface area is 507 Å². The molecule has 0 amide bonds. The van der Waals surface area contributed by atoms with Gasteiger partial charge < -0.3 is 100 Å². The van der Waals surface area contributed by atoms with Crippen LogP contribution in [0.25, 0.3) is 0 Å². The van der Waals surface area contributed by atoms with E-state index in [2.05, 4.69) is 8.37 Å². The van der Waals surface area contributed by atoms with Crippen molar-refractivity contribution >= 4 is 63.9 Å². The first-order chi connectivity index (χ1) is 41.4. The summed E-state index contributed by atoms with van der Waals surface area (Å²) in [6.07, 6.45) is -46.4. The lowest BCUT2D eigenvalue weighted by Gasteiger charge is -2.50. The standard InChI is InChI=1S/C41H68O43S5/c1-61-11-14-20(27(81-86(49,50)51)32(36(69-9)72-14)83-88(55,56)57)75-37-23(64-4)18-17(22(77-37)34(42)43)41(18,70-10)80-40-33(84-89(58,59)60)28(82-87(52,53)54)21(15(74-40)12-62-2)76-39-31(68-8)25(66-6)26(29(79-39)35(44)45)78-38-30(67-7)24(65-5)19(63-3)16(73-38)13-71-85(46,47)48/h14-33,36-40H,11-13H2,1-10H3,(H,42,43)(H,44,45)(H,46,47,48)(H,49,50,51)(H,52,53,54)(H,55,56,57)(H,58,59,60)/t14?,15?,16?,17-,18-,19+,20+,21+,22?,23?,24?,25?,26-,27?,28-,29?,30?,31?,32?,33?,36-,37+,38+,39+,40-,41?/m0/s1. The largest absolute Gasteiger partial charge is 0.479 e. The summed E-state index contributed by atoms with van der Waals surface area (Å²) in [5.74, 6) is -9.68. The second kappa shape index (κ2) is 30.5. The number of carboxylic acid groups (broad SMARTS) is 2. The van der Waals surface area contributed by atoms with Gasteiger partial charge in [-0.3, -0.25) is 22.8 Å². The van der Waals surface area contributed by atoms with Crippen LogP contribution in [0.5, 0.6) is 0 Å². The minimum atomic E-state index is -5.95. The van der Waals surface area contributed by atoms with Gasteiger partial charge in [-0.15, -0.1) is 0 Å². The van der Waals surface area contributed by atoms with Gasteiger partial charge in [0.2, 0.25) is 0 Å². The molecule has 0 radical (unpaired) electrons. The number of ether oxygens (including phenoxy) is 19. The van der Waals surface area contributed by atoms with E-state index in [4.69, 9.17) is 103 Å². The van der Waals surface area contributed by atoms with Crippen molar-refractivity contribution in [2.75, 3.05) is 90.9 Å². The second-order valence-electron chi connectivity index (χ2n) is 19.6. The third-order valence-electron chi connectivity index (χ3n) is 14.5. The van der Waals surface area contributed by atoms with Crippen molar-refractivity contribution in [1.29, 1.82) is 0 Å². The van der Waals surface area contributed by atoms with Gasteiger partial charge in [0, 0.05) is 71.1 Å². The fourth-order valence-corrected chi connectivity index (χ4v) is 13.5. The normalized spacial score (nSPS) is 40.7. The smallest absolute Gasteiger partial charge is 0.397 e. The lowest BCUT2D eigenvalue weighted by atomic mass is 9.95. The van der Waals surface area contributed by atoms with Gasteiger partial charge in [-0.05, 0) is 0 Å². The number of methoxy groups -OCH3 is 10. The number of carboxylic acids is 2. The van der Waals surface area contributed by atoms with E-state index >= 15 is 0 Å². The first-order valence-electron chi connectivity index (χ1n) is 25.3. The molecule has 5 aliphatic heterocycles. The maximum atomic E-state index is 13.2. The number of hydrogen-bond acceptors (Lipinski definition) is 36. The van der Waals surface area contributed by atoms with Crippen LogP contribution < -0.4 is 0 Å². The van der Waals surface area contributed by atoms with E-state index < -0.39 is 243 Å². The minimum Gasteiger partial charge on any atom is -0.479 e. The molecule has 89 heavy (non-hydrogen) atoms. The Balaban J connectivity index is 1.39. The van der Waals surface area contributed by atoms with E-state index in [1.165, 1.54) is 14.2 Å². The second-order valence-corrected chi connectivity index (χ2v) is 24.9. The zero-order chi connectivity index (χ0) is 66.7. The van der Waals surface area contributed by atoms with Crippen molar-refractivity contribution in [2.24, 2.45) is 11.8 Å². The van der Waals surface area contributed by atoms with E-state index in [1.807, 2.05) is 0 Å². The molecule has 1 aliphatic carbocycles. The van der Waals surface area contributed by atoms with Gasteiger partial charge in [-0.25, -0.2) is 30.5 Å². The summed E-state index contributed by atoms with van der Waals surface area (Å²) in [7, 11) is -17.9. The predicted octanol–water partition coefficient (Wildman–Crippen LogP) is -5.86. The van der Waals surface area contributed by atoms with Gasteiger partial charge >= 0.3 is 63.9 Å².